The minimum atomic E-state index is -0.971. The second kappa shape index (κ2) is 4.04. The molecule has 1 aromatic rings. The van der Waals surface area contributed by atoms with Gasteiger partial charge in [0.05, 0.1) is 6.61 Å². The molecule has 0 saturated carbocycles. The molecule has 0 amide bonds. The molecule has 1 atom stereocenters. The molecule has 1 aliphatic heterocycles. The number of nitrogen functional groups attached to an aromatic ring is 1. The van der Waals surface area contributed by atoms with E-state index in [1.54, 1.807) is 0 Å². The van der Waals surface area contributed by atoms with Crippen LogP contribution in [0.15, 0.2) is 12.1 Å². The first-order chi connectivity index (χ1) is 7.97. The first-order valence-corrected chi connectivity index (χ1v) is 5.66. The van der Waals surface area contributed by atoms with Crippen molar-refractivity contribution >= 4 is 11.7 Å². The molecule has 1 heterocycles. The monoisotopic (exact) mass is 235 g/mol. The number of anilines is 1. The summed E-state index contributed by atoms with van der Waals surface area (Å²) in [5, 5.41) is 9.49. The number of aliphatic carboxylic acids is 1. The van der Waals surface area contributed by atoms with Gasteiger partial charge in [0.25, 0.3) is 0 Å². The molecule has 0 radical (unpaired) electrons. The highest BCUT2D eigenvalue weighted by atomic mass is 16.5. The van der Waals surface area contributed by atoms with E-state index < -0.39 is 11.4 Å². The van der Waals surface area contributed by atoms with Crippen LogP contribution in [-0.4, -0.2) is 24.3 Å². The number of carboxylic acids is 1. The molecule has 1 unspecified atom stereocenters. The fourth-order valence-electron chi connectivity index (χ4n) is 2.44. The van der Waals surface area contributed by atoms with Crippen molar-refractivity contribution in [2.45, 2.75) is 25.7 Å². The zero-order valence-corrected chi connectivity index (χ0v) is 10.1. The van der Waals surface area contributed by atoms with Gasteiger partial charge < -0.3 is 15.6 Å². The maximum Gasteiger partial charge on any atom is 0.316 e. The minimum Gasteiger partial charge on any atom is -0.481 e. The van der Waals surface area contributed by atoms with Crippen LogP contribution in [0.2, 0.25) is 0 Å². The number of carbonyl (C=O) groups is 1. The average Bonchev–Trinajstić information content (AvgIpc) is 2.73. The number of aryl methyl sites for hydroxylation is 2. The standard InChI is InChI=1S/C13H17NO3/c1-8-5-9(2)11(14)10(6-8)13(12(15)16)3-4-17-7-13/h5-6H,3-4,7,14H2,1-2H3,(H,15,16). The number of hydrogen-bond donors (Lipinski definition) is 2. The van der Waals surface area contributed by atoms with Gasteiger partial charge in [-0.2, -0.15) is 0 Å². The minimum absolute atomic E-state index is 0.204. The number of ether oxygens (including phenoxy) is 1. The lowest BCUT2D eigenvalue weighted by Gasteiger charge is -2.25. The SMILES string of the molecule is Cc1cc(C)c(N)c(C2(C(=O)O)CCOC2)c1. The van der Waals surface area contributed by atoms with Crippen molar-refractivity contribution in [3.8, 4) is 0 Å². The molecule has 2 rings (SSSR count). The third kappa shape index (κ3) is 1.78. The summed E-state index contributed by atoms with van der Waals surface area (Å²) < 4.78 is 5.27. The number of nitrogens with two attached hydrogens (primary N) is 1. The topological polar surface area (TPSA) is 72.6 Å². The molecular formula is C13H17NO3. The number of carboxylic acid groups (broad SMARTS) is 1. The molecule has 4 nitrogen and oxygen atoms in total. The fourth-order valence-corrected chi connectivity index (χ4v) is 2.44. The molecule has 1 fully saturated rings. The summed E-state index contributed by atoms with van der Waals surface area (Å²) in [4.78, 5) is 11.6. The van der Waals surface area contributed by atoms with Crippen molar-refractivity contribution in [1.29, 1.82) is 0 Å². The third-order valence-electron chi connectivity index (χ3n) is 3.48. The van der Waals surface area contributed by atoms with Gasteiger partial charge in [-0.3, -0.25) is 4.79 Å². The maximum absolute atomic E-state index is 11.6. The Bertz CT molecular complexity index is 462. The van der Waals surface area contributed by atoms with Crippen LogP contribution in [-0.2, 0) is 14.9 Å². The Morgan fingerprint density at radius 1 is 1.47 bits per heavy atom. The van der Waals surface area contributed by atoms with Crippen molar-refractivity contribution < 1.29 is 14.6 Å². The lowest BCUT2D eigenvalue weighted by atomic mass is 9.77. The van der Waals surface area contributed by atoms with Crippen LogP contribution in [0.3, 0.4) is 0 Å². The van der Waals surface area contributed by atoms with Gasteiger partial charge in [-0.25, -0.2) is 0 Å². The van der Waals surface area contributed by atoms with Crippen LogP contribution in [0.5, 0.6) is 0 Å². The van der Waals surface area contributed by atoms with Crippen molar-refractivity contribution in [1.82, 2.24) is 0 Å². The Hall–Kier alpha value is -1.55. The summed E-state index contributed by atoms with van der Waals surface area (Å²) in [5.74, 6) is -0.855. The van der Waals surface area contributed by atoms with Gasteiger partial charge in [0.2, 0.25) is 0 Å². The Kier molecular flexibility index (Phi) is 2.83. The second-order valence-electron chi connectivity index (χ2n) is 4.73. The van der Waals surface area contributed by atoms with Gasteiger partial charge in [0, 0.05) is 12.3 Å². The van der Waals surface area contributed by atoms with Gasteiger partial charge in [-0.15, -0.1) is 0 Å². The van der Waals surface area contributed by atoms with E-state index in [9.17, 15) is 9.90 Å². The van der Waals surface area contributed by atoms with Crippen LogP contribution in [0.4, 0.5) is 5.69 Å². The molecule has 0 aromatic heterocycles. The van der Waals surface area contributed by atoms with E-state index >= 15 is 0 Å². The van der Waals surface area contributed by atoms with Crippen LogP contribution in [0, 0.1) is 13.8 Å². The van der Waals surface area contributed by atoms with E-state index in [4.69, 9.17) is 10.5 Å². The molecule has 17 heavy (non-hydrogen) atoms. The maximum atomic E-state index is 11.6. The molecule has 1 aliphatic rings. The largest absolute Gasteiger partial charge is 0.481 e. The Morgan fingerprint density at radius 3 is 2.71 bits per heavy atom. The van der Waals surface area contributed by atoms with E-state index in [2.05, 4.69) is 0 Å². The Balaban J connectivity index is 2.62. The Labute approximate surface area is 100 Å². The molecule has 1 saturated heterocycles. The smallest absolute Gasteiger partial charge is 0.316 e. The fraction of sp³-hybridized carbons (Fsp3) is 0.462. The number of rotatable bonds is 2. The molecule has 1 aromatic carbocycles. The molecule has 4 heteroatoms. The highest BCUT2D eigenvalue weighted by molar-refractivity contribution is 5.85. The molecular weight excluding hydrogens is 218 g/mol. The van der Waals surface area contributed by atoms with E-state index in [1.165, 1.54) is 0 Å². The number of benzene rings is 1. The highest BCUT2D eigenvalue weighted by Crippen LogP contribution is 2.38. The summed E-state index contributed by atoms with van der Waals surface area (Å²) in [6.45, 7) is 4.52. The highest BCUT2D eigenvalue weighted by Gasteiger charge is 2.45. The van der Waals surface area contributed by atoms with Gasteiger partial charge in [-0.1, -0.05) is 17.7 Å². The first kappa shape index (κ1) is 11.9. The van der Waals surface area contributed by atoms with Gasteiger partial charge in [-0.05, 0) is 31.4 Å². The lowest BCUT2D eigenvalue weighted by molar-refractivity contribution is -0.143. The normalized spacial score (nSPS) is 23.9. The average molecular weight is 235 g/mol. The van der Waals surface area contributed by atoms with Gasteiger partial charge >= 0.3 is 5.97 Å². The zero-order valence-electron chi connectivity index (χ0n) is 10.1. The predicted molar refractivity (Wildman–Crippen MR) is 65.1 cm³/mol. The van der Waals surface area contributed by atoms with Crippen molar-refractivity contribution in [3.63, 3.8) is 0 Å². The van der Waals surface area contributed by atoms with Gasteiger partial charge in [0.1, 0.15) is 5.41 Å². The van der Waals surface area contributed by atoms with E-state index in [1.807, 2.05) is 26.0 Å². The van der Waals surface area contributed by atoms with Crippen LogP contribution in [0.1, 0.15) is 23.1 Å². The molecule has 0 spiro atoms. The third-order valence-corrected chi connectivity index (χ3v) is 3.48. The van der Waals surface area contributed by atoms with Crippen molar-refractivity contribution in [2.24, 2.45) is 0 Å². The van der Waals surface area contributed by atoms with Crippen molar-refractivity contribution in [3.05, 3.63) is 28.8 Å². The quantitative estimate of drug-likeness (QED) is 0.764. The van der Waals surface area contributed by atoms with E-state index in [-0.39, 0.29) is 6.61 Å². The summed E-state index contributed by atoms with van der Waals surface area (Å²) in [5.41, 5.74) is 8.28. The second-order valence-corrected chi connectivity index (χ2v) is 4.73. The zero-order chi connectivity index (χ0) is 12.6. The number of hydrogen-bond acceptors (Lipinski definition) is 3. The summed E-state index contributed by atoms with van der Waals surface area (Å²) in [6, 6.07) is 3.83. The van der Waals surface area contributed by atoms with Gasteiger partial charge in [0.15, 0.2) is 0 Å². The molecule has 92 valence electrons. The molecule has 3 N–H and O–H groups in total. The summed E-state index contributed by atoms with van der Waals surface area (Å²) >= 11 is 0. The van der Waals surface area contributed by atoms with Crippen LogP contribution < -0.4 is 5.73 Å². The summed E-state index contributed by atoms with van der Waals surface area (Å²) in [6.07, 6.45) is 0.482. The van der Waals surface area contributed by atoms with E-state index in [0.29, 0.717) is 24.3 Å². The van der Waals surface area contributed by atoms with E-state index in [0.717, 1.165) is 11.1 Å². The Morgan fingerprint density at radius 2 is 2.18 bits per heavy atom. The van der Waals surface area contributed by atoms with Crippen molar-refractivity contribution in [2.75, 3.05) is 18.9 Å². The lowest BCUT2D eigenvalue weighted by Crippen LogP contribution is -2.37. The van der Waals surface area contributed by atoms with Crippen LogP contribution in [0.25, 0.3) is 0 Å². The predicted octanol–water partition coefficient (Wildman–Crippen LogP) is 1.63. The summed E-state index contributed by atoms with van der Waals surface area (Å²) in [7, 11) is 0. The first-order valence-electron chi connectivity index (χ1n) is 5.66. The molecule has 0 aliphatic carbocycles. The van der Waals surface area contributed by atoms with Crippen LogP contribution >= 0.6 is 0 Å². The molecule has 0 bridgehead atoms.